The van der Waals surface area contributed by atoms with E-state index in [0.29, 0.717) is 12.1 Å². The van der Waals surface area contributed by atoms with E-state index in [0.717, 1.165) is 30.1 Å². The van der Waals surface area contributed by atoms with E-state index >= 15 is 0 Å². The van der Waals surface area contributed by atoms with Crippen LogP contribution in [0.4, 0.5) is 10.1 Å². The number of benzene rings is 2. The Morgan fingerprint density at radius 1 is 1.14 bits per heavy atom. The van der Waals surface area contributed by atoms with Gasteiger partial charge in [0.1, 0.15) is 11.6 Å². The van der Waals surface area contributed by atoms with Gasteiger partial charge in [-0.05, 0) is 55.9 Å². The fourth-order valence-electron chi connectivity index (χ4n) is 2.52. The summed E-state index contributed by atoms with van der Waals surface area (Å²) in [5.41, 5.74) is 2.61. The van der Waals surface area contributed by atoms with Gasteiger partial charge in [0.05, 0.1) is 7.11 Å². The summed E-state index contributed by atoms with van der Waals surface area (Å²) in [6.07, 6.45) is 5.61. The Labute approximate surface area is 195 Å². The normalized spacial score (nSPS) is 13.8. The Hall–Kier alpha value is -1.05. The van der Waals surface area contributed by atoms with Crippen molar-refractivity contribution in [1.82, 2.24) is 8.61 Å². The minimum atomic E-state index is -0.287. The van der Waals surface area contributed by atoms with Crippen LogP contribution >= 0.6 is 23.9 Å². The SMILES string of the molecule is CSN1[CH-]N(SC)CC1.[CH-]=Cc1cc(F)ccc1CNc1ccc(OC)cc1.[Ru+2]. The van der Waals surface area contributed by atoms with Gasteiger partial charge in [-0.25, -0.2) is 10.5 Å². The summed E-state index contributed by atoms with van der Waals surface area (Å²) in [4.78, 5) is 0. The van der Waals surface area contributed by atoms with Crippen LogP contribution in [-0.4, -0.2) is 41.3 Å². The van der Waals surface area contributed by atoms with Crippen molar-refractivity contribution in [1.29, 1.82) is 0 Å². The van der Waals surface area contributed by atoms with Crippen molar-refractivity contribution in [2.75, 3.05) is 38.0 Å². The summed E-state index contributed by atoms with van der Waals surface area (Å²) in [6, 6.07) is 12.2. The average molecular weight is 521 g/mol. The molecule has 0 saturated carbocycles. The average Bonchev–Trinajstić information content (AvgIpc) is 3.22. The van der Waals surface area contributed by atoms with E-state index in [1.54, 1.807) is 37.1 Å². The number of halogens is 1. The summed E-state index contributed by atoms with van der Waals surface area (Å²) in [7, 11) is 1.63. The molecule has 2 aromatic rings. The van der Waals surface area contributed by atoms with Crippen LogP contribution in [0.1, 0.15) is 11.1 Å². The molecule has 0 aliphatic carbocycles. The third-order valence-corrected chi connectivity index (χ3v) is 5.62. The molecule has 0 atom stereocenters. The molecule has 3 rings (SSSR count). The topological polar surface area (TPSA) is 27.7 Å². The molecule has 0 bridgehead atoms. The monoisotopic (exact) mass is 521 g/mol. The van der Waals surface area contributed by atoms with Crippen LogP contribution in [0.25, 0.3) is 6.08 Å². The molecular weight excluding hydrogens is 494 g/mol. The fourth-order valence-corrected chi connectivity index (χ4v) is 3.53. The summed E-state index contributed by atoms with van der Waals surface area (Å²) in [6.45, 7) is 10.5. The van der Waals surface area contributed by atoms with Gasteiger partial charge in [-0.3, -0.25) is 6.58 Å². The van der Waals surface area contributed by atoms with Crippen molar-refractivity contribution in [3.8, 4) is 5.75 Å². The summed E-state index contributed by atoms with van der Waals surface area (Å²) < 4.78 is 22.6. The molecule has 0 aromatic heterocycles. The standard InChI is InChI=1S/C16H15FNO.C5H11N2S2.Ru/c1-3-12-10-14(17)5-4-13(12)11-18-15-6-8-16(19-2)9-7-15;1-8-6-3-4-7(5-6)9-2;/h1,3-10,18H,11H2,2H3;5H,3-4H2,1-2H3;/q2*-1;+2. The number of hydrogen-bond donors (Lipinski definition) is 1. The fraction of sp³-hybridized carbons (Fsp3) is 0.286. The third-order valence-electron chi connectivity index (χ3n) is 4.13. The first-order chi connectivity index (χ1) is 13.6. The first-order valence-corrected chi connectivity index (χ1v) is 11.1. The molecule has 0 radical (unpaired) electrons. The molecule has 0 amide bonds. The molecule has 1 saturated heterocycles. The van der Waals surface area contributed by atoms with Gasteiger partial charge in [0.25, 0.3) is 0 Å². The molecule has 0 spiro atoms. The summed E-state index contributed by atoms with van der Waals surface area (Å²) >= 11 is 3.55. The second kappa shape index (κ2) is 14.0. The van der Waals surface area contributed by atoms with Gasteiger partial charge in [0, 0.05) is 12.2 Å². The van der Waals surface area contributed by atoms with E-state index in [1.807, 2.05) is 24.3 Å². The smallest absolute Gasteiger partial charge is 0.497 e. The maximum absolute atomic E-state index is 13.1. The van der Waals surface area contributed by atoms with Gasteiger partial charge in [0.2, 0.25) is 0 Å². The van der Waals surface area contributed by atoms with Crippen LogP contribution in [0.15, 0.2) is 42.5 Å². The van der Waals surface area contributed by atoms with Gasteiger partial charge in [-0.15, -0.1) is 35.5 Å². The van der Waals surface area contributed by atoms with E-state index < -0.39 is 0 Å². The quantitative estimate of drug-likeness (QED) is 0.308. The zero-order chi connectivity index (χ0) is 20.4. The number of nitrogens with one attached hydrogen (secondary N) is 1. The molecule has 1 heterocycles. The number of rotatable bonds is 7. The Balaban J connectivity index is 0.000000355. The largest absolute Gasteiger partial charge is 2.00 e. The predicted octanol–water partition coefficient (Wildman–Crippen LogP) is 5.17. The predicted molar refractivity (Wildman–Crippen MR) is 120 cm³/mol. The van der Waals surface area contributed by atoms with Crippen LogP contribution < -0.4 is 10.1 Å². The maximum atomic E-state index is 13.1. The molecule has 1 fully saturated rings. The van der Waals surface area contributed by atoms with E-state index in [2.05, 4.69) is 33.1 Å². The molecular formula is C21H26FN3ORuS2. The second-order valence-corrected chi connectivity index (χ2v) is 7.52. The number of ether oxygens (including phenoxy) is 1. The van der Waals surface area contributed by atoms with Crippen molar-refractivity contribution in [3.63, 3.8) is 0 Å². The van der Waals surface area contributed by atoms with Crippen LogP contribution in [0.3, 0.4) is 0 Å². The Morgan fingerprint density at radius 3 is 2.24 bits per heavy atom. The Bertz CT molecular complexity index is 739. The third kappa shape index (κ3) is 8.69. The van der Waals surface area contributed by atoms with Crippen molar-refractivity contribution >= 4 is 35.7 Å². The molecule has 158 valence electrons. The van der Waals surface area contributed by atoms with Crippen LogP contribution in [-0.2, 0) is 26.0 Å². The van der Waals surface area contributed by atoms with Gasteiger partial charge < -0.3 is 18.7 Å². The van der Waals surface area contributed by atoms with Gasteiger partial charge in [-0.2, -0.15) is 12.2 Å². The van der Waals surface area contributed by atoms with Crippen molar-refractivity contribution in [2.45, 2.75) is 6.54 Å². The number of methoxy groups -OCH3 is 1. The number of hydrogen-bond acceptors (Lipinski definition) is 6. The molecule has 1 aliphatic rings. The Kier molecular flexibility index (Phi) is 12.6. The van der Waals surface area contributed by atoms with Gasteiger partial charge in [0.15, 0.2) is 0 Å². The Morgan fingerprint density at radius 2 is 1.76 bits per heavy atom. The molecule has 29 heavy (non-hydrogen) atoms. The first-order valence-electron chi connectivity index (χ1n) is 8.77. The van der Waals surface area contributed by atoms with Crippen LogP contribution in [0.2, 0.25) is 0 Å². The molecule has 4 nitrogen and oxygen atoms in total. The first kappa shape index (κ1) is 26.0. The molecule has 2 aromatic carbocycles. The maximum Gasteiger partial charge on any atom is 2.00 e. The van der Waals surface area contributed by atoms with Gasteiger partial charge in [-0.1, -0.05) is 6.07 Å². The summed E-state index contributed by atoms with van der Waals surface area (Å²) in [5.74, 6) is 0.521. The van der Waals surface area contributed by atoms with Crippen LogP contribution in [0.5, 0.6) is 5.75 Å². The van der Waals surface area contributed by atoms with Crippen LogP contribution in [0, 0.1) is 19.1 Å². The minimum Gasteiger partial charge on any atom is -0.497 e. The van der Waals surface area contributed by atoms with E-state index in [4.69, 9.17) is 11.3 Å². The van der Waals surface area contributed by atoms with E-state index in [-0.39, 0.29) is 25.3 Å². The molecule has 1 N–H and O–H groups in total. The zero-order valence-corrected chi connectivity index (χ0v) is 20.1. The minimum absolute atomic E-state index is 0. The second-order valence-electron chi connectivity index (χ2n) is 5.85. The zero-order valence-electron chi connectivity index (χ0n) is 16.7. The van der Waals surface area contributed by atoms with Crippen molar-refractivity contribution in [3.05, 3.63) is 72.7 Å². The van der Waals surface area contributed by atoms with Crippen molar-refractivity contribution in [2.24, 2.45) is 0 Å². The van der Waals surface area contributed by atoms with E-state index in [1.165, 1.54) is 18.2 Å². The molecule has 1 aliphatic heterocycles. The van der Waals surface area contributed by atoms with Gasteiger partial charge >= 0.3 is 19.5 Å². The molecule has 0 unspecified atom stereocenters. The summed E-state index contributed by atoms with van der Waals surface area (Å²) in [5, 5.41) is 3.25. The van der Waals surface area contributed by atoms with Crippen molar-refractivity contribution < 1.29 is 28.6 Å². The molecule has 8 heteroatoms. The number of nitrogens with zero attached hydrogens (tertiary/aromatic N) is 2. The van der Waals surface area contributed by atoms with E-state index in [9.17, 15) is 4.39 Å². The number of anilines is 1.